The normalized spacial score (nSPS) is 15.4. The van der Waals surface area contributed by atoms with Crippen molar-refractivity contribution in [1.29, 1.82) is 0 Å². The van der Waals surface area contributed by atoms with Crippen LogP contribution in [0.2, 0.25) is 5.02 Å². The maximum Gasteiger partial charge on any atom is 0.417 e. The maximum atomic E-state index is 12.2. The molecule has 3 aromatic rings. The molecule has 5 nitrogen and oxygen atoms in total. The summed E-state index contributed by atoms with van der Waals surface area (Å²) in [5, 5.41) is -0.771. The molecule has 1 saturated heterocycles. The number of carbonyl (C=O) groups excluding carboxylic acids is 1. The van der Waals surface area contributed by atoms with Crippen LogP contribution in [-0.2, 0) is 12.6 Å². The minimum atomic E-state index is -4.62. The van der Waals surface area contributed by atoms with Gasteiger partial charge >= 0.3 is 6.18 Å². The van der Waals surface area contributed by atoms with Gasteiger partial charge in [0.2, 0.25) is 0 Å². The molecule has 1 aliphatic rings. The average molecular weight is 547 g/mol. The molecule has 0 aliphatic carbocycles. The zero-order valence-electron chi connectivity index (χ0n) is 21.7. The molecule has 38 heavy (non-hydrogen) atoms. The van der Waals surface area contributed by atoms with Crippen molar-refractivity contribution in [3.8, 4) is 11.1 Å². The van der Waals surface area contributed by atoms with Crippen molar-refractivity contribution in [3.63, 3.8) is 0 Å². The van der Waals surface area contributed by atoms with Gasteiger partial charge in [-0.3, -0.25) is 14.7 Å². The molecule has 9 heteroatoms. The highest BCUT2D eigenvalue weighted by atomic mass is 35.5. The summed E-state index contributed by atoms with van der Waals surface area (Å²) in [4.78, 5) is 20.7. The molecule has 1 atom stereocenters. The van der Waals surface area contributed by atoms with E-state index in [0.717, 1.165) is 19.2 Å². The van der Waals surface area contributed by atoms with E-state index in [2.05, 4.69) is 51.8 Å². The van der Waals surface area contributed by atoms with Gasteiger partial charge < -0.3 is 5.73 Å². The van der Waals surface area contributed by atoms with E-state index in [0.29, 0.717) is 12.1 Å². The number of alkyl halides is 3. The molecule has 1 fully saturated rings. The van der Waals surface area contributed by atoms with Crippen LogP contribution in [0.15, 0.2) is 73.7 Å². The first-order chi connectivity index (χ1) is 18.2. The Hall–Kier alpha value is -3.23. The Labute approximate surface area is 227 Å². The van der Waals surface area contributed by atoms with Gasteiger partial charge in [-0.2, -0.15) is 13.2 Å². The highest BCUT2D eigenvalue weighted by Gasteiger charge is 2.35. The third-order valence-corrected chi connectivity index (χ3v) is 6.34. The monoisotopic (exact) mass is 546 g/mol. The Balaban J connectivity index is 0.000000274. The van der Waals surface area contributed by atoms with Crippen LogP contribution < -0.4 is 5.73 Å². The first-order valence-corrected chi connectivity index (χ1v) is 12.9. The number of halogens is 4. The SMILES string of the molecule is C=CCN1CCCCC1Cc1ccc(-c2cccnc2)cc1.CC.NC(=O)c1nccc(C(F)(F)F)c1Cl. The molecular formula is C29H34ClF3N4O. The van der Waals surface area contributed by atoms with E-state index in [1.165, 1.54) is 42.5 Å². The fourth-order valence-corrected chi connectivity index (χ4v) is 4.48. The number of hydrogen-bond donors (Lipinski definition) is 1. The van der Waals surface area contributed by atoms with E-state index in [-0.39, 0.29) is 0 Å². The Bertz CT molecular complexity index is 1150. The van der Waals surface area contributed by atoms with E-state index < -0.39 is 28.4 Å². The summed E-state index contributed by atoms with van der Waals surface area (Å²) in [5.41, 5.74) is 6.91. The molecule has 1 aromatic carbocycles. The first kappa shape index (κ1) is 31.0. The minimum Gasteiger partial charge on any atom is -0.364 e. The largest absolute Gasteiger partial charge is 0.417 e. The third kappa shape index (κ3) is 8.96. The van der Waals surface area contributed by atoms with Gasteiger partial charge in [-0.1, -0.05) is 68.3 Å². The number of carbonyl (C=O) groups is 1. The van der Waals surface area contributed by atoms with Crippen molar-refractivity contribution in [2.75, 3.05) is 13.1 Å². The van der Waals surface area contributed by atoms with E-state index >= 15 is 0 Å². The van der Waals surface area contributed by atoms with Crippen LogP contribution in [0.25, 0.3) is 11.1 Å². The molecule has 2 aromatic heterocycles. The Morgan fingerprint density at radius 2 is 1.84 bits per heavy atom. The zero-order valence-corrected chi connectivity index (χ0v) is 22.5. The van der Waals surface area contributed by atoms with Crippen LogP contribution in [0.1, 0.15) is 54.7 Å². The summed E-state index contributed by atoms with van der Waals surface area (Å²) in [7, 11) is 0. The predicted molar refractivity (Wildman–Crippen MR) is 147 cm³/mol. The molecule has 1 aliphatic heterocycles. The molecule has 0 bridgehead atoms. The highest BCUT2D eigenvalue weighted by Crippen LogP contribution is 2.35. The van der Waals surface area contributed by atoms with Gasteiger partial charge in [-0.05, 0) is 54.6 Å². The topological polar surface area (TPSA) is 72.1 Å². The van der Waals surface area contributed by atoms with Crippen LogP contribution >= 0.6 is 11.6 Å². The van der Waals surface area contributed by atoms with Crippen molar-refractivity contribution in [1.82, 2.24) is 14.9 Å². The molecule has 204 valence electrons. The molecular weight excluding hydrogens is 513 g/mol. The summed E-state index contributed by atoms with van der Waals surface area (Å²) in [5.74, 6) is -1.10. The van der Waals surface area contributed by atoms with Gasteiger partial charge in [0, 0.05) is 31.2 Å². The maximum absolute atomic E-state index is 12.2. The number of nitrogens with two attached hydrogens (primary N) is 1. The van der Waals surface area contributed by atoms with Crippen molar-refractivity contribution >= 4 is 17.5 Å². The number of pyridine rings is 2. The molecule has 2 N–H and O–H groups in total. The fourth-order valence-electron chi connectivity index (χ4n) is 4.17. The number of primary amides is 1. The molecule has 0 radical (unpaired) electrons. The minimum absolute atomic E-state index is 0.582. The number of hydrogen-bond acceptors (Lipinski definition) is 4. The number of nitrogens with zero attached hydrogens (tertiary/aromatic N) is 3. The lowest BCUT2D eigenvalue weighted by Gasteiger charge is -2.35. The van der Waals surface area contributed by atoms with Crippen LogP contribution in [0, 0.1) is 0 Å². The lowest BCUT2D eigenvalue weighted by molar-refractivity contribution is -0.137. The number of rotatable bonds is 6. The first-order valence-electron chi connectivity index (χ1n) is 12.6. The van der Waals surface area contributed by atoms with Crippen molar-refractivity contribution in [2.45, 2.75) is 51.7 Å². The Morgan fingerprint density at radius 3 is 2.42 bits per heavy atom. The smallest absolute Gasteiger partial charge is 0.364 e. The summed E-state index contributed by atoms with van der Waals surface area (Å²) in [6.45, 7) is 10.1. The zero-order chi connectivity index (χ0) is 28.1. The van der Waals surface area contributed by atoms with Crippen LogP contribution in [0.4, 0.5) is 13.2 Å². The van der Waals surface area contributed by atoms with Gasteiger partial charge in [-0.15, -0.1) is 6.58 Å². The number of piperidine rings is 1. The van der Waals surface area contributed by atoms with Crippen LogP contribution in [0.5, 0.6) is 0 Å². The summed E-state index contributed by atoms with van der Waals surface area (Å²) >= 11 is 5.31. The summed E-state index contributed by atoms with van der Waals surface area (Å²) < 4.78 is 36.7. The molecule has 1 amide bonds. The second-order valence-electron chi connectivity index (χ2n) is 8.46. The standard InChI is InChI=1S/C20H24N2.C7H4ClF3N2O.C2H6/c1-2-13-22-14-4-3-7-20(22)15-17-8-10-18(11-9-17)19-6-5-12-21-16-19;8-4-3(7(9,10)11)1-2-13-5(4)6(12)14;1-2/h2,5-6,8-12,16,20H,1,3-4,7,13-15H2;1-2H,(H2,12,14);1-2H3. The number of benzene rings is 1. The molecule has 4 rings (SSSR count). The molecule has 0 saturated carbocycles. The van der Waals surface area contributed by atoms with E-state index in [1.54, 1.807) is 0 Å². The van der Waals surface area contributed by atoms with Crippen molar-refractivity contribution in [3.05, 3.63) is 95.6 Å². The highest BCUT2D eigenvalue weighted by molar-refractivity contribution is 6.34. The summed E-state index contributed by atoms with van der Waals surface area (Å²) in [6.07, 6.45) is 7.09. The molecule has 3 heterocycles. The van der Waals surface area contributed by atoms with Crippen LogP contribution in [0.3, 0.4) is 0 Å². The molecule has 0 spiro atoms. The van der Waals surface area contributed by atoms with Gasteiger partial charge in [-0.25, -0.2) is 4.98 Å². The lowest BCUT2D eigenvalue weighted by atomic mass is 9.94. The lowest BCUT2D eigenvalue weighted by Crippen LogP contribution is -2.40. The Kier molecular flexibility index (Phi) is 12.4. The number of aromatic nitrogens is 2. The van der Waals surface area contributed by atoms with Crippen molar-refractivity contribution < 1.29 is 18.0 Å². The van der Waals surface area contributed by atoms with E-state index in [4.69, 9.17) is 17.3 Å². The molecule has 1 unspecified atom stereocenters. The summed E-state index contributed by atoms with van der Waals surface area (Å²) in [6, 6.07) is 14.4. The quantitative estimate of drug-likeness (QED) is 0.331. The third-order valence-electron chi connectivity index (χ3n) is 5.96. The fraction of sp³-hybridized carbons (Fsp3) is 0.345. The average Bonchev–Trinajstić information content (AvgIpc) is 2.92. The predicted octanol–water partition coefficient (Wildman–Crippen LogP) is 7.21. The van der Waals surface area contributed by atoms with Gasteiger partial charge in [0.05, 0.1) is 10.6 Å². The number of likely N-dealkylation sites (tertiary alicyclic amines) is 1. The van der Waals surface area contributed by atoms with Gasteiger partial charge in [0.25, 0.3) is 5.91 Å². The van der Waals surface area contributed by atoms with Gasteiger partial charge in [0.15, 0.2) is 0 Å². The van der Waals surface area contributed by atoms with Gasteiger partial charge in [0.1, 0.15) is 5.69 Å². The Morgan fingerprint density at radius 1 is 1.13 bits per heavy atom. The van der Waals surface area contributed by atoms with Crippen LogP contribution in [-0.4, -0.2) is 39.9 Å². The van der Waals surface area contributed by atoms with E-state index in [1.807, 2.05) is 38.4 Å². The number of amides is 1. The second-order valence-corrected chi connectivity index (χ2v) is 8.84. The van der Waals surface area contributed by atoms with E-state index in [9.17, 15) is 18.0 Å². The second kappa shape index (κ2) is 15.2. The van der Waals surface area contributed by atoms with Crippen molar-refractivity contribution in [2.24, 2.45) is 5.73 Å².